The van der Waals surface area contributed by atoms with Crippen molar-refractivity contribution >= 4 is 16.5 Å². The van der Waals surface area contributed by atoms with Crippen LogP contribution < -0.4 is 5.32 Å². The van der Waals surface area contributed by atoms with E-state index in [0.717, 1.165) is 23.4 Å². The Bertz CT molecular complexity index is 694. The molecule has 0 saturated carbocycles. The molecular weight excluding hydrogens is 368 g/mol. The van der Waals surface area contributed by atoms with Crippen LogP contribution in [0.4, 0.5) is 22.7 Å². The molecule has 1 saturated heterocycles. The second kappa shape index (κ2) is 8.30. The number of hydrogen-bond acceptors (Lipinski definition) is 5. The van der Waals surface area contributed by atoms with Crippen LogP contribution in [0.25, 0.3) is 0 Å². The van der Waals surface area contributed by atoms with Crippen molar-refractivity contribution in [2.75, 3.05) is 31.5 Å². The van der Waals surface area contributed by atoms with Crippen LogP contribution in [0.5, 0.6) is 0 Å². The molecule has 0 spiro atoms. The summed E-state index contributed by atoms with van der Waals surface area (Å²) in [6.07, 6.45) is -2.05. The molecule has 0 aliphatic carbocycles. The Morgan fingerprint density at radius 1 is 1.12 bits per heavy atom. The molecule has 9 heteroatoms. The molecule has 1 aromatic carbocycles. The summed E-state index contributed by atoms with van der Waals surface area (Å²) in [4.78, 5) is 1.46. The molecule has 3 rings (SSSR count). The summed E-state index contributed by atoms with van der Waals surface area (Å²) in [5.41, 5.74) is 0.964. The second-order valence-corrected chi connectivity index (χ2v) is 7.58. The van der Waals surface area contributed by atoms with Crippen molar-refractivity contribution < 1.29 is 17.6 Å². The fourth-order valence-electron chi connectivity index (χ4n) is 3.01. The predicted octanol–water partition coefficient (Wildman–Crippen LogP) is 3.95. The van der Waals surface area contributed by atoms with E-state index < -0.39 is 12.7 Å². The highest BCUT2D eigenvalue weighted by molar-refractivity contribution is 7.15. The van der Waals surface area contributed by atoms with Crippen LogP contribution in [0, 0.1) is 11.7 Å². The standard InChI is InChI=1S/C17H20F4N4S/c18-14-3-1-12(2-4-14)9-15-23-24-16(26-15)22-10-13-5-7-25(8-6-13)11-17(19,20)21/h1-4,13H,5-11H2,(H,22,24). The van der Waals surface area contributed by atoms with E-state index in [1.54, 1.807) is 12.1 Å². The lowest BCUT2D eigenvalue weighted by Gasteiger charge is -2.32. The fourth-order valence-corrected chi connectivity index (χ4v) is 3.79. The van der Waals surface area contributed by atoms with Gasteiger partial charge in [0.25, 0.3) is 0 Å². The van der Waals surface area contributed by atoms with Gasteiger partial charge in [-0.1, -0.05) is 23.5 Å². The number of anilines is 1. The van der Waals surface area contributed by atoms with Crippen LogP contribution in [0.15, 0.2) is 24.3 Å². The molecule has 2 heterocycles. The van der Waals surface area contributed by atoms with E-state index in [1.807, 2.05) is 0 Å². The molecule has 0 unspecified atom stereocenters. The minimum absolute atomic E-state index is 0.269. The summed E-state index contributed by atoms with van der Waals surface area (Å²) in [7, 11) is 0. The van der Waals surface area contributed by atoms with Gasteiger partial charge in [0.2, 0.25) is 5.13 Å². The van der Waals surface area contributed by atoms with Gasteiger partial charge in [0.1, 0.15) is 10.8 Å². The number of rotatable bonds is 6. The first-order chi connectivity index (χ1) is 12.4. The van der Waals surface area contributed by atoms with E-state index in [9.17, 15) is 17.6 Å². The van der Waals surface area contributed by atoms with Gasteiger partial charge in [0.05, 0.1) is 6.54 Å². The highest BCUT2D eigenvalue weighted by Gasteiger charge is 2.32. The van der Waals surface area contributed by atoms with Gasteiger partial charge in [-0.05, 0) is 49.5 Å². The lowest BCUT2D eigenvalue weighted by Crippen LogP contribution is -2.41. The number of likely N-dealkylation sites (tertiary alicyclic amines) is 1. The van der Waals surface area contributed by atoms with Crippen molar-refractivity contribution in [2.24, 2.45) is 5.92 Å². The number of hydrogen-bond donors (Lipinski definition) is 1. The molecule has 0 bridgehead atoms. The van der Waals surface area contributed by atoms with Crippen molar-refractivity contribution in [3.63, 3.8) is 0 Å². The van der Waals surface area contributed by atoms with Crippen molar-refractivity contribution in [3.05, 3.63) is 40.7 Å². The number of halogens is 4. The molecular formula is C17H20F4N4S. The first-order valence-electron chi connectivity index (χ1n) is 8.47. The Balaban J connectivity index is 1.42. The largest absolute Gasteiger partial charge is 0.401 e. The summed E-state index contributed by atoms with van der Waals surface area (Å²) < 4.78 is 50.1. The second-order valence-electron chi connectivity index (χ2n) is 6.52. The maximum Gasteiger partial charge on any atom is 0.401 e. The summed E-state index contributed by atoms with van der Waals surface area (Å²) in [6, 6.07) is 6.28. The topological polar surface area (TPSA) is 41.1 Å². The van der Waals surface area contributed by atoms with Crippen LogP contribution in [-0.2, 0) is 6.42 Å². The third-order valence-corrected chi connectivity index (χ3v) is 5.27. The average molecular weight is 388 g/mol. The molecule has 0 amide bonds. The maximum absolute atomic E-state index is 12.9. The van der Waals surface area contributed by atoms with E-state index in [1.165, 1.54) is 28.4 Å². The van der Waals surface area contributed by atoms with Crippen LogP contribution in [-0.4, -0.2) is 47.5 Å². The average Bonchev–Trinajstić information content (AvgIpc) is 3.02. The van der Waals surface area contributed by atoms with Gasteiger partial charge in [-0.2, -0.15) is 13.2 Å². The zero-order valence-electron chi connectivity index (χ0n) is 14.1. The van der Waals surface area contributed by atoms with Gasteiger partial charge < -0.3 is 5.32 Å². The van der Waals surface area contributed by atoms with Crippen molar-refractivity contribution in [3.8, 4) is 0 Å². The van der Waals surface area contributed by atoms with Gasteiger partial charge in [0, 0.05) is 13.0 Å². The Kier molecular flexibility index (Phi) is 6.08. The van der Waals surface area contributed by atoms with Crippen LogP contribution in [0.2, 0.25) is 0 Å². The molecule has 0 radical (unpaired) electrons. The number of nitrogens with one attached hydrogen (secondary N) is 1. The van der Waals surface area contributed by atoms with Gasteiger partial charge in [-0.15, -0.1) is 10.2 Å². The van der Waals surface area contributed by atoms with Crippen molar-refractivity contribution in [1.29, 1.82) is 0 Å². The number of piperidine rings is 1. The van der Waals surface area contributed by atoms with Gasteiger partial charge in [-0.3, -0.25) is 4.90 Å². The fraction of sp³-hybridized carbons (Fsp3) is 0.529. The maximum atomic E-state index is 12.9. The molecule has 26 heavy (non-hydrogen) atoms. The minimum atomic E-state index is -4.13. The Labute approximate surface area is 153 Å². The number of nitrogens with zero attached hydrogens (tertiary/aromatic N) is 3. The molecule has 0 atom stereocenters. The summed E-state index contributed by atoms with van der Waals surface area (Å²) >= 11 is 1.44. The first kappa shape index (κ1) is 19.0. The summed E-state index contributed by atoms with van der Waals surface area (Å²) in [5, 5.41) is 13.0. The number of aromatic nitrogens is 2. The Morgan fingerprint density at radius 2 is 1.81 bits per heavy atom. The molecule has 1 aliphatic heterocycles. The molecule has 1 fully saturated rings. The van der Waals surface area contributed by atoms with E-state index in [2.05, 4.69) is 15.5 Å². The van der Waals surface area contributed by atoms with E-state index in [-0.39, 0.29) is 5.82 Å². The lowest BCUT2D eigenvalue weighted by molar-refractivity contribution is -0.148. The zero-order chi connectivity index (χ0) is 18.6. The van der Waals surface area contributed by atoms with E-state index in [4.69, 9.17) is 0 Å². The smallest absolute Gasteiger partial charge is 0.360 e. The highest BCUT2D eigenvalue weighted by atomic mass is 32.1. The molecule has 1 aliphatic rings. The number of benzene rings is 1. The molecule has 2 aromatic rings. The molecule has 1 N–H and O–H groups in total. The summed E-state index contributed by atoms with van der Waals surface area (Å²) in [5.74, 6) is 0.0681. The molecule has 4 nitrogen and oxygen atoms in total. The normalized spacial score (nSPS) is 16.8. The quantitative estimate of drug-likeness (QED) is 0.761. The molecule has 1 aromatic heterocycles. The van der Waals surface area contributed by atoms with Crippen molar-refractivity contribution in [1.82, 2.24) is 15.1 Å². The highest BCUT2D eigenvalue weighted by Crippen LogP contribution is 2.24. The number of alkyl halides is 3. The van der Waals surface area contributed by atoms with Crippen molar-refractivity contribution in [2.45, 2.75) is 25.4 Å². The predicted molar refractivity (Wildman–Crippen MR) is 92.8 cm³/mol. The zero-order valence-corrected chi connectivity index (χ0v) is 14.9. The van der Waals surface area contributed by atoms with Crippen LogP contribution in [0.1, 0.15) is 23.4 Å². The SMILES string of the molecule is Fc1ccc(Cc2nnc(NCC3CCN(CC(F)(F)F)CC3)s2)cc1. The van der Waals surface area contributed by atoms with Gasteiger partial charge in [0.15, 0.2) is 0 Å². The van der Waals surface area contributed by atoms with Gasteiger partial charge in [-0.25, -0.2) is 4.39 Å². The van der Waals surface area contributed by atoms with Gasteiger partial charge >= 0.3 is 6.18 Å². The third-order valence-electron chi connectivity index (χ3n) is 4.39. The summed E-state index contributed by atoms with van der Waals surface area (Å²) in [6.45, 7) is 0.802. The first-order valence-corrected chi connectivity index (χ1v) is 9.29. The third kappa shape index (κ3) is 5.91. The molecule has 142 valence electrons. The van der Waals surface area contributed by atoms with E-state index >= 15 is 0 Å². The Morgan fingerprint density at radius 3 is 2.46 bits per heavy atom. The van der Waals surface area contributed by atoms with Crippen LogP contribution >= 0.6 is 11.3 Å². The minimum Gasteiger partial charge on any atom is -0.360 e. The van der Waals surface area contributed by atoms with Crippen LogP contribution in [0.3, 0.4) is 0 Å². The Hall–Kier alpha value is -1.74. The lowest BCUT2D eigenvalue weighted by atomic mass is 9.97. The monoisotopic (exact) mass is 388 g/mol. The van der Waals surface area contributed by atoms with E-state index in [0.29, 0.717) is 37.1 Å².